The lowest BCUT2D eigenvalue weighted by Gasteiger charge is -2.29. The van der Waals surface area contributed by atoms with Crippen LogP contribution in [0.25, 0.3) is 11.0 Å². The van der Waals surface area contributed by atoms with Gasteiger partial charge >= 0.3 is 5.97 Å². The minimum absolute atomic E-state index is 0.0467. The molecule has 118 valence electrons. The molecule has 0 radical (unpaired) electrons. The Hall–Kier alpha value is -2.01. The van der Waals surface area contributed by atoms with Gasteiger partial charge in [-0.05, 0) is 56.1 Å². The number of nitrogens with zero attached hydrogens (tertiary/aromatic N) is 1. The van der Waals surface area contributed by atoms with Crippen LogP contribution in [0.15, 0.2) is 28.7 Å². The SMILES string of the molecule is CC1CCN(CCOc2ccc3oc(C(=O)O)cc3c2)CC1. The minimum Gasteiger partial charge on any atom is -0.492 e. The Bertz CT molecular complexity index is 656. The average molecular weight is 303 g/mol. The van der Waals surface area contributed by atoms with Crippen molar-refractivity contribution < 1.29 is 19.1 Å². The van der Waals surface area contributed by atoms with Crippen molar-refractivity contribution in [1.29, 1.82) is 0 Å². The van der Waals surface area contributed by atoms with Crippen molar-refractivity contribution in [2.45, 2.75) is 19.8 Å². The molecule has 5 nitrogen and oxygen atoms in total. The molecule has 0 saturated carbocycles. The Morgan fingerprint density at radius 3 is 2.86 bits per heavy atom. The molecular weight excluding hydrogens is 282 g/mol. The van der Waals surface area contributed by atoms with Gasteiger partial charge < -0.3 is 14.3 Å². The Labute approximate surface area is 129 Å². The summed E-state index contributed by atoms with van der Waals surface area (Å²) in [7, 11) is 0. The third-order valence-electron chi connectivity index (χ3n) is 4.25. The molecule has 1 aliphatic rings. The van der Waals surface area contributed by atoms with Gasteiger partial charge in [-0.3, -0.25) is 4.90 Å². The number of rotatable bonds is 5. The number of piperidine rings is 1. The van der Waals surface area contributed by atoms with Crippen molar-refractivity contribution in [3.63, 3.8) is 0 Å². The highest BCUT2D eigenvalue weighted by Crippen LogP contribution is 2.24. The molecule has 3 rings (SSSR count). The fourth-order valence-electron chi connectivity index (χ4n) is 2.79. The maximum atomic E-state index is 10.9. The van der Waals surface area contributed by atoms with E-state index in [9.17, 15) is 4.79 Å². The molecule has 1 aromatic heterocycles. The molecule has 0 amide bonds. The van der Waals surface area contributed by atoms with Crippen LogP contribution in [0.1, 0.15) is 30.3 Å². The molecule has 0 spiro atoms. The van der Waals surface area contributed by atoms with Crippen LogP contribution in [0.4, 0.5) is 0 Å². The van der Waals surface area contributed by atoms with E-state index >= 15 is 0 Å². The Kier molecular flexibility index (Phi) is 4.34. The summed E-state index contributed by atoms with van der Waals surface area (Å²) in [6, 6.07) is 6.91. The third-order valence-corrected chi connectivity index (χ3v) is 4.25. The second kappa shape index (κ2) is 6.40. The van der Waals surface area contributed by atoms with Crippen molar-refractivity contribution in [3.8, 4) is 5.75 Å². The molecule has 1 aliphatic heterocycles. The van der Waals surface area contributed by atoms with Crippen LogP contribution in [0.3, 0.4) is 0 Å². The number of carboxylic acids is 1. The predicted octanol–water partition coefficient (Wildman–Crippen LogP) is 3.24. The van der Waals surface area contributed by atoms with Gasteiger partial charge in [-0.2, -0.15) is 0 Å². The van der Waals surface area contributed by atoms with Gasteiger partial charge in [0.15, 0.2) is 0 Å². The number of carboxylic acid groups (broad SMARTS) is 1. The monoisotopic (exact) mass is 303 g/mol. The number of hydrogen-bond donors (Lipinski definition) is 1. The molecule has 1 N–H and O–H groups in total. The van der Waals surface area contributed by atoms with Gasteiger partial charge in [0, 0.05) is 11.9 Å². The second-order valence-electron chi connectivity index (χ2n) is 5.99. The molecule has 1 fully saturated rings. The molecule has 2 aromatic rings. The molecule has 0 aliphatic carbocycles. The zero-order chi connectivity index (χ0) is 15.5. The van der Waals surface area contributed by atoms with E-state index in [1.165, 1.54) is 18.9 Å². The molecule has 1 aromatic carbocycles. The Morgan fingerprint density at radius 2 is 2.14 bits per heavy atom. The highest BCUT2D eigenvalue weighted by molar-refractivity contribution is 5.91. The van der Waals surface area contributed by atoms with E-state index < -0.39 is 5.97 Å². The summed E-state index contributed by atoms with van der Waals surface area (Å²) in [6.07, 6.45) is 2.53. The quantitative estimate of drug-likeness (QED) is 0.918. The van der Waals surface area contributed by atoms with Crippen molar-refractivity contribution in [2.75, 3.05) is 26.2 Å². The molecule has 22 heavy (non-hydrogen) atoms. The minimum atomic E-state index is -1.06. The van der Waals surface area contributed by atoms with Crippen molar-refractivity contribution in [3.05, 3.63) is 30.0 Å². The smallest absolute Gasteiger partial charge is 0.371 e. The largest absolute Gasteiger partial charge is 0.492 e. The molecule has 0 bridgehead atoms. The summed E-state index contributed by atoms with van der Waals surface area (Å²) >= 11 is 0. The number of fused-ring (bicyclic) bond motifs is 1. The standard InChI is InChI=1S/C17H21NO4/c1-12-4-6-18(7-5-12)8-9-21-14-2-3-15-13(10-14)11-16(22-15)17(19)20/h2-3,10-12H,4-9H2,1H3,(H,19,20). The maximum Gasteiger partial charge on any atom is 0.371 e. The van der Waals surface area contributed by atoms with E-state index in [0.717, 1.165) is 36.7 Å². The molecule has 5 heteroatoms. The number of hydrogen-bond acceptors (Lipinski definition) is 4. The van der Waals surface area contributed by atoms with E-state index in [4.69, 9.17) is 14.3 Å². The molecule has 0 atom stereocenters. The number of aromatic carboxylic acids is 1. The van der Waals surface area contributed by atoms with Crippen LogP contribution in [-0.2, 0) is 0 Å². The summed E-state index contributed by atoms with van der Waals surface area (Å²) < 4.78 is 11.0. The summed E-state index contributed by atoms with van der Waals surface area (Å²) in [6.45, 7) is 6.17. The van der Waals surface area contributed by atoms with Crippen molar-refractivity contribution in [2.24, 2.45) is 5.92 Å². The fraction of sp³-hybridized carbons (Fsp3) is 0.471. The predicted molar refractivity (Wildman–Crippen MR) is 83.5 cm³/mol. The molecular formula is C17H21NO4. The maximum absolute atomic E-state index is 10.9. The van der Waals surface area contributed by atoms with E-state index in [1.54, 1.807) is 6.07 Å². The lowest BCUT2D eigenvalue weighted by Crippen LogP contribution is -2.35. The fourth-order valence-corrected chi connectivity index (χ4v) is 2.79. The summed E-state index contributed by atoms with van der Waals surface area (Å²) in [4.78, 5) is 13.3. The van der Waals surface area contributed by atoms with Crippen molar-refractivity contribution in [1.82, 2.24) is 4.90 Å². The average Bonchev–Trinajstić information content (AvgIpc) is 2.93. The first kappa shape index (κ1) is 14.9. The number of likely N-dealkylation sites (tertiary alicyclic amines) is 1. The zero-order valence-corrected chi connectivity index (χ0v) is 12.7. The van der Waals surface area contributed by atoms with Gasteiger partial charge in [0.1, 0.15) is 17.9 Å². The Balaban J connectivity index is 1.56. The topological polar surface area (TPSA) is 62.9 Å². The lowest BCUT2D eigenvalue weighted by atomic mass is 9.99. The Morgan fingerprint density at radius 1 is 1.36 bits per heavy atom. The van der Waals surface area contributed by atoms with Crippen LogP contribution in [0, 0.1) is 5.92 Å². The summed E-state index contributed by atoms with van der Waals surface area (Å²) in [5.74, 6) is 0.479. The highest BCUT2D eigenvalue weighted by Gasteiger charge is 2.15. The first-order valence-corrected chi connectivity index (χ1v) is 7.74. The van der Waals surface area contributed by atoms with E-state index in [2.05, 4.69) is 11.8 Å². The zero-order valence-electron chi connectivity index (χ0n) is 12.7. The van der Waals surface area contributed by atoms with Gasteiger partial charge in [-0.15, -0.1) is 0 Å². The van der Waals surface area contributed by atoms with Gasteiger partial charge in [0.2, 0.25) is 5.76 Å². The number of carbonyl (C=O) groups is 1. The second-order valence-corrected chi connectivity index (χ2v) is 5.99. The van der Waals surface area contributed by atoms with Crippen LogP contribution in [-0.4, -0.2) is 42.2 Å². The number of ether oxygens (including phenoxy) is 1. The van der Waals surface area contributed by atoms with E-state index in [1.807, 2.05) is 12.1 Å². The van der Waals surface area contributed by atoms with E-state index in [-0.39, 0.29) is 5.76 Å². The normalized spacial score (nSPS) is 17.0. The molecule has 1 saturated heterocycles. The first-order chi connectivity index (χ1) is 10.6. The van der Waals surface area contributed by atoms with Gasteiger partial charge in [-0.25, -0.2) is 4.79 Å². The lowest BCUT2D eigenvalue weighted by molar-refractivity contribution is 0.0665. The van der Waals surface area contributed by atoms with Crippen LogP contribution < -0.4 is 4.74 Å². The van der Waals surface area contributed by atoms with Crippen LogP contribution >= 0.6 is 0 Å². The van der Waals surface area contributed by atoms with Crippen molar-refractivity contribution >= 4 is 16.9 Å². The summed E-state index contributed by atoms with van der Waals surface area (Å²) in [5, 5.41) is 9.68. The van der Waals surface area contributed by atoms with Gasteiger partial charge in [-0.1, -0.05) is 6.92 Å². The van der Waals surface area contributed by atoms with Gasteiger partial charge in [0.25, 0.3) is 0 Å². The highest BCUT2D eigenvalue weighted by atomic mass is 16.5. The first-order valence-electron chi connectivity index (χ1n) is 7.74. The number of benzene rings is 1. The number of furan rings is 1. The summed E-state index contributed by atoms with van der Waals surface area (Å²) in [5.41, 5.74) is 0.565. The third kappa shape index (κ3) is 3.42. The molecule has 0 unspecified atom stereocenters. The van der Waals surface area contributed by atoms with Gasteiger partial charge in [0.05, 0.1) is 0 Å². The molecule has 2 heterocycles. The van der Waals surface area contributed by atoms with Crippen LogP contribution in [0.2, 0.25) is 0 Å². The van der Waals surface area contributed by atoms with E-state index in [0.29, 0.717) is 12.2 Å². The van der Waals surface area contributed by atoms with Crippen LogP contribution in [0.5, 0.6) is 5.75 Å².